The summed E-state index contributed by atoms with van der Waals surface area (Å²) in [7, 11) is 2.24. The van der Waals surface area contributed by atoms with Gasteiger partial charge in [0, 0.05) is 35.2 Å². The first kappa shape index (κ1) is 13.4. The van der Waals surface area contributed by atoms with E-state index in [1.165, 1.54) is 37.7 Å². The molecule has 3 nitrogen and oxygen atoms in total. The number of piperidine rings is 1. The van der Waals surface area contributed by atoms with Gasteiger partial charge in [-0.15, -0.1) is 0 Å². The quantitative estimate of drug-likeness (QED) is 0.796. The maximum atomic E-state index is 11.1. The number of aryl methyl sites for hydroxylation is 1. The Morgan fingerprint density at radius 3 is 3.00 bits per heavy atom. The summed E-state index contributed by atoms with van der Waals surface area (Å²) in [5.41, 5.74) is 1.96. The van der Waals surface area contributed by atoms with Crippen LogP contribution in [0.5, 0.6) is 0 Å². The third kappa shape index (κ3) is 2.50. The van der Waals surface area contributed by atoms with Gasteiger partial charge in [-0.3, -0.25) is 4.79 Å². The Kier molecular flexibility index (Phi) is 3.88. The lowest BCUT2D eigenvalue weighted by atomic mass is 10.0. The smallest absolute Gasteiger partial charge is 0.150 e. The van der Waals surface area contributed by atoms with E-state index in [4.69, 9.17) is 0 Å². The van der Waals surface area contributed by atoms with Crippen molar-refractivity contribution in [1.29, 1.82) is 0 Å². The van der Waals surface area contributed by atoms with Crippen molar-refractivity contribution < 1.29 is 4.79 Å². The van der Waals surface area contributed by atoms with Crippen LogP contribution in [0, 0.1) is 0 Å². The van der Waals surface area contributed by atoms with Crippen LogP contribution in [0.4, 0.5) is 0 Å². The highest BCUT2D eigenvalue weighted by Crippen LogP contribution is 2.22. The highest BCUT2D eigenvalue weighted by molar-refractivity contribution is 5.97. The molecule has 3 heteroatoms. The van der Waals surface area contributed by atoms with Gasteiger partial charge in [0.15, 0.2) is 6.29 Å². The molecule has 1 aliphatic heterocycles. The van der Waals surface area contributed by atoms with Crippen molar-refractivity contribution in [1.82, 2.24) is 9.47 Å². The summed E-state index contributed by atoms with van der Waals surface area (Å²) in [5.74, 6) is 0. The van der Waals surface area contributed by atoms with E-state index in [2.05, 4.69) is 34.8 Å². The van der Waals surface area contributed by atoms with Crippen LogP contribution in [-0.4, -0.2) is 35.4 Å². The zero-order valence-electron chi connectivity index (χ0n) is 12.1. The lowest BCUT2D eigenvalue weighted by Crippen LogP contribution is -2.36. The monoisotopic (exact) mass is 270 g/mol. The number of likely N-dealkylation sites (tertiary alicyclic amines) is 1. The summed E-state index contributed by atoms with van der Waals surface area (Å²) < 4.78 is 2.28. The second-order valence-corrected chi connectivity index (χ2v) is 5.83. The molecule has 0 saturated carbocycles. The molecule has 0 bridgehead atoms. The Labute approximate surface area is 120 Å². The lowest BCUT2D eigenvalue weighted by molar-refractivity contribution is 0.112. The number of hydrogen-bond donors (Lipinski definition) is 0. The zero-order valence-corrected chi connectivity index (χ0v) is 12.1. The van der Waals surface area contributed by atoms with Gasteiger partial charge in [-0.25, -0.2) is 0 Å². The molecular weight excluding hydrogens is 248 g/mol. The minimum Gasteiger partial charge on any atom is -0.347 e. The first-order valence-corrected chi connectivity index (χ1v) is 7.53. The SMILES string of the molecule is CN1CCCCC1CCn1ccc2c(C=O)cccc21. The van der Waals surface area contributed by atoms with E-state index < -0.39 is 0 Å². The molecule has 3 rings (SSSR count). The molecule has 2 heterocycles. The molecule has 1 aromatic heterocycles. The van der Waals surface area contributed by atoms with Gasteiger partial charge in [0.1, 0.15) is 0 Å². The molecule has 2 aromatic rings. The minimum atomic E-state index is 0.704. The van der Waals surface area contributed by atoms with Crippen LogP contribution >= 0.6 is 0 Å². The van der Waals surface area contributed by atoms with E-state index in [0.29, 0.717) is 6.04 Å². The number of fused-ring (bicyclic) bond motifs is 1. The number of aromatic nitrogens is 1. The Hall–Kier alpha value is -1.61. The summed E-state index contributed by atoms with van der Waals surface area (Å²) in [6, 6.07) is 8.72. The van der Waals surface area contributed by atoms with E-state index in [0.717, 1.165) is 23.8 Å². The molecule has 1 unspecified atom stereocenters. The average Bonchev–Trinajstić information content (AvgIpc) is 2.89. The van der Waals surface area contributed by atoms with Crippen molar-refractivity contribution >= 4 is 17.2 Å². The van der Waals surface area contributed by atoms with Crippen LogP contribution in [0.25, 0.3) is 10.9 Å². The third-order valence-electron chi connectivity index (χ3n) is 4.60. The van der Waals surface area contributed by atoms with Gasteiger partial charge in [-0.2, -0.15) is 0 Å². The number of nitrogens with zero attached hydrogens (tertiary/aromatic N) is 2. The molecule has 20 heavy (non-hydrogen) atoms. The van der Waals surface area contributed by atoms with Gasteiger partial charge in [0.2, 0.25) is 0 Å². The van der Waals surface area contributed by atoms with Crippen LogP contribution in [0.2, 0.25) is 0 Å². The molecule has 0 spiro atoms. The fraction of sp³-hybridized carbons (Fsp3) is 0.471. The van der Waals surface area contributed by atoms with Gasteiger partial charge in [-0.1, -0.05) is 18.6 Å². The van der Waals surface area contributed by atoms with Crippen LogP contribution in [0.3, 0.4) is 0 Å². The largest absolute Gasteiger partial charge is 0.347 e. The summed E-state index contributed by atoms with van der Waals surface area (Å²) >= 11 is 0. The van der Waals surface area contributed by atoms with E-state index in [1.807, 2.05) is 12.1 Å². The molecule has 1 saturated heterocycles. The van der Waals surface area contributed by atoms with Gasteiger partial charge in [0.25, 0.3) is 0 Å². The third-order valence-corrected chi connectivity index (χ3v) is 4.60. The first-order valence-electron chi connectivity index (χ1n) is 7.53. The molecule has 0 N–H and O–H groups in total. The van der Waals surface area contributed by atoms with Gasteiger partial charge in [-0.05, 0) is 45.0 Å². The number of aldehydes is 1. The molecule has 1 aromatic carbocycles. The van der Waals surface area contributed by atoms with E-state index in [1.54, 1.807) is 0 Å². The standard InChI is InChI=1S/C17H22N2O/c1-18-10-3-2-6-15(18)8-11-19-12-9-16-14(13-20)5-4-7-17(16)19/h4-5,7,9,12-13,15H,2-3,6,8,10-11H2,1H3. The summed E-state index contributed by atoms with van der Waals surface area (Å²) in [5, 5.41) is 1.07. The highest BCUT2D eigenvalue weighted by atomic mass is 16.1. The Bertz CT molecular complexity index is 602. The Morgan fingerprint density at radius 2 is 2.20 bits per heavy atom. The van der Waals surface area contributed by atoms with Crippen molar-refractivity contribution in [2.24, 2.45) is 0 Å². The van der Waals surface area contributed by atoms with Crippen LogP contribution in [0.15, 0.2) is 30.5 Å². The molecule has 0 radical (unpaired) electrons. The molecule has 1 fully saturated rings. The number of benzene rings is 1. The molecule has 1 atom stereocenters. The second kappa shape index (κ2) is 5.80. The van der Waals surface area contributed by atoms with Crippen LogP contribution in [0.1, 0.15) is 36.0 Å². The number of rotatable bonds is 4. The van der Waals surface area contributed by atoms with Gasteiger partial charge >= 0.3 is 0 Å². The summed E-state index contributed by atoms with van der Waals surface area (Å²) in [6.07, 6.45) is 8.25. The maximum absolute atomic E-state index is 11.1. The van der Waals surface area contributed by atoms with E-state index in [-0.39, 0.29) is 0 Å². The summed E-state index contributed by atoms with van der Waals surface area (Å²) in [4.78, 5) is 13.6. The first-order chi connectivity index (χ1) is 9.79. The van der Waals surface area contributed by atoms with Crippen molar-refractivity contribution in [2.45, 2.75) is 38.3 Å². The van der Waals surface area contributed by atoms with E-state index >= 15 is 0 Å². The van der Waals surface area contributed by atoms with Crippen LogP contribution < -0.4 is 0 Å². The van der Waals surface area contributed by atoms with Crippen LogP contribution in [-0.2, 0) is 6.54 Å². The van der Waals surface area contributed by atoms with Crippen molar-refractivity contribution in [2.75, 3.05) is 13.6 Å². The van der Waals surface area contributed by atoms with Crippen molar-refractivity contribution in [3.63, 3.8) is 0 Å². The predicted octanol–water partition coefficient (Wildman–Crippen LogP) is 3.33. The predicted molar refractivity (Wildman–Crippen MR) is 82.2 cm³/mol. The molecule has 0 amide bonds. The molecular formula is C17H22N2O. The lowest BCUT2D eigenvalue weighted by Gasteiger charge is -2.32. The Balaban J connectivity index is 1.76. The normalized spacial score (nSPS) is 20.4. The molecule has 0 aliphatic carbocycles. The molecule has 106 valence electrons. The zero-order chi connectivity index (χ0) is 13.9. The molecule has 1 aliphatic rings. The number of hydrogen-bond acceptors (Lipinski definition) is 2. The number of carbonyl (C=O) groups is 1. The fourth-order valence-electron chi connectivity index (χ4n) is 3.34. The fourth-order valence-corrected chi connectivity index (χ4v) is 3.34. The topological polar surface area (TPSA) is 25.2 Å². The maximum Gasteiger partial charge on any atom is 0.150 e. The summed E-state index contributed by atoms with van der Waals surface area (Å²) in [6.45, 7) is 2.26. The minimum absolute atomic E-state index is 0.704. The number of carbonyl (C=O) groups excluding carboxylic acids is 1. The highest BCUT2D eigenvalue weighted by Gasteiger charge is 2.18. The second-order valence-electron chi connectivity index (χ2n) is 5.83. The van der Waals surface area contributed by atoms with E-state index in [9.17, 15) is 4.79 Å². The van der Waals surface area contributed by atoms with Gasteiger partial charge < -0.3 is 9.47 Å². The van der Waals surface area contributed by atoms with Crippen molar-refractivity contribution in [3.05, 3.63) is 36.0 Å². The Morgan fingerprint density at radius 1 is 1.30 bits per heavy atom. The van der Waals surface area contributed by atoms with Crippen molar-refractivity contribution in [3.8, 4) is 0 Å². The van der Waals surface area contributed by atoms with Gasteiger partial charge in [0.05, 0.1) is 0 Å². The average molecular weight is 270 g/mol.